The van der Waals surface area contributed by atoms with Crippen LogP contribution in [0.4, 0.5) is 0 Å². The molecule has 0 aliphatic carbocycles. The summed E-state index contributed by atoms with van der Waals surface area (Å²) in [4.78, 5) is 13.0. The SMILES string of the molecule is Cn1c(-c2ccccc2)c(-c2ccccc2)c2ccc(Cl)cc2c1=O. The summed E-state index contributed by atoms with van der Waals surface area (Å²) in [5.41, 5.74) is 3.99. The fourth-order valence-corrected chi connectivity index (χ4v) is 3.49. The Morgan fingerprint density at radius 2 is 1.36 bits per heavy atom. The number of hydrogen-bond acceptors (Lipinski definition) is 1. The third-order valence-electron chi connectivity index (χ3n) is 4.47. The minimum absolute atomic E-state index is 0.0453. The predicted molar refractivity (Wildman–Crippen MR) is 105 cm³/mol. The molecule has 25 heavy (non-hydrogen) atoms. The molecule has 0 N–H and O–H groups in total. The molecule has 1 aromatic heterocycles. The van der Waals surface area contributed by atoms with Crippen molar-refractivity contribution in [1.82, 2.24) is 4.57 Å². The molecular weight excluding hydrogens is 330 g/mol. The smallest absolute Gasteiger partial charge is 0.258 e. The Kier molecular flexibility index (Phi) is 3.90. The molecule has 0 bridgehead atoms. The zero-order chi connectivity index (χ0) is 17.4. The van der Waals surface area contributed by atoms with E-state index in [4.69, 9.17) is 11.6 Å². The van der Waals surface area contributed by atoms with Gasteiger partial charge in [0.2, 0.25) is 0 Å². The fourth-order valence-electron chi connectivity index (χ4n) is 3.32. The van der Waals surface area contributed by atoms with Gasteiger partial charge in [-0.2, -0.15) is 0 Å². The van der Waals surface area contributed by atoms with E-state index in [-0.39, 0.29) is 5.56 Å². The van der Waals surface area contributed by atoms with Crippen LogP contribution >= 0.6 is 11.6 Å². The van der Waals surface area contributed by atoms with Crippen LogP contribution in [-0.2, 0) is 7.05 Å². The molecule has 3 heteroatoms. The molecule has 0 saturated heterocycles. The maximum atomic E-state index is 13.0. The number of benzene rings is 3. The predicted octanol–water partition coefficient (Wildman–Crippen LogP) is 5.53. The van der Waals surface area contributed by atoms with Gasteiger partial charge in [0.25, 0.3) is 5.56 Å². The molecule has 0 saturated carbocycles. The van der Waals surface area contributed by atoms with Gasteiger partial charge in [-0.05, 0) is 28.6 Å². The van der Waals surface area contributed by atoms with E-state index in [1.807, 2.05) is 67.7 Å². The van der Waals surface area contributed by atoms with Crippen LogP contribution in [0.1, 0.15) is 0 Å². The van der Waals surface area contributed by atoms with E-state index < -0.39 is 0 Å². The average molecular weight is 346 g/mol. The number of fused-ring (bicyclic) bond motifs is 1. The number of nitrogens with zero attached hydrogens (tertiary/aromatic N) is 1. The van der Waals surface area contributed by atoms with Gasteiger partial charge in [-0.3, -0.25) is 4.79 Å². The molecule has 0 fully saturated rings. The van der Waals surface area contributed by atoms with Crippen LogP contribution < -0.4 is 5.56 Å². The van der Waals surface area contributed by atoms with E-state index in [2.05, 4.69) is 12.1 Å². The summed E-state index contributed by atoms with van der Waals surface area (Å²) in [6.45, 7) is 0. The van der Waals surface area contributed by atoms with Gasteiger partial charge in [-0.15, -0.1) is 0 Å². The molecule has 0 atom stereocenters. The highest BCUT2D eigenvalue weighted by Gasteiger charge is 2.17. The van der Waals surface area contributed by atoms with Gasteiger partial charge >= 0.3 is 0 Å². The first-order chi connectivity index (χ1) is 12.2. The van der Waals surface area contributed by atoms with E-state index in [9.17, 15) is 4.79 Å². The van der Waals surface area contributed by atoms with E-state index in [0.29, 0.717) is 10.4 Å². The number of rotatable bonds is 2. The first-order valence-electron chi connectivity index (χ1n) is 8.10. The van der Waals surface area contributed by atoms with Gasteiger partial charge in [0, 0.05) is 23.0 Å². The Labute approximate surface area is 150 Å². The molecule has 0 amide bonds. The van der Waals surface area contributed by atoms with E-state index >= 15 is 0 Å². The van der Waals surface area contributed by atoms with E-state index in [1.165, 1.54) is 0 Å². The zero-order valence-corrected chi connectivity index (χ0v) is 14.5. The second-order valence-electron chi connectivity index (χ2n) is 6.01. The molecule has 2 nitrogen and oxygen atoms in total. The summed E-state index contributed by atoms with van der Waals surface area (Å²) in [5, 5.41) is 2.11. The first kappa shape index (κ1) is 15.7. The van der Waals surface area contributed by atoms with Gasteiger partial charge in [0.1, 0.15) is 0 Å². The molecular formula is C22H16ClNO. The van der Waals surface area contributed by atoms with Crippen LogP contribution in [0.3, 0.4) is 0 Å². The summed E-state index contributed by atoms with van der Waals surface area (Å²) in [6.07, 6.45) is 0. The minimum atomic E-state index is -0.0453. The van der Waals surface area contributed by atoms with Crippen molar-refractivity contribution >= 4 is 22.4 Å². The second-order valence-corrected chi connectivity index (χ2v) is 6.45. The lowest BCUT2D eigenvalue weighted by Gasteiger charge is -2.18. The summed E-state index contributed by atoms with van der Waals surface area (Å²) in [7, 11) is 1.82. The third-order valence-corrected chi connectivity index (χ3v) is 4.70. The maximum absolute atomic E-state index is 13.0. The Balaban J connectivity index is 2.23. The molecule has 3 aromatic carbocycles. The first-order valence-corrected chi connectivity index (χ1v) is 8.47. The number of pyridine rings is 1. The van der Waals surface area contributed by atoms with Gasteiger partial charge in [-0.25, -0.2) is 0 Å². The molecule has 4 aromatic rings. The number of hydrogen-bond donors (Lipinski definition) is 0. The highest BCUT2D eigenvalue weighted by molar-refractivity contribution is 6.31. The van der Waals surface area contributed by atoms with Gasteiger partial charge in [0.05, 0.1) is 5.69 Å². The van der Waals surface area contributed by atoms with Crippen LogP contribution in [0.25, 0.3) is 33.2 Å². The van der Waals surface area contributed by atoms with Crippen molar-refractivity contribution in [2.24, 2.45) is 7.05 Å². The molecule has 0 radical (unpaired) electrons. The summed E-state index contributed by atoms with van der Waals surface area (Å²) in [6, 6.07) is 25.7. The van der Waals surface area contributed by atoms with Crippen LogP contribution in [0.5, 0.6) is 0 Å². The van der Waals surface area contributed by atoms with Crippen molar-refractivity contribution in [1.29, 1.82) is 0 Å². The minimum Gasteiger partial charge on any atom is -0.310 e. The second kappa shape index (κ2) is 6.23. The average Bonchev–Trinajstić information content (AvgIpc) is 2.66. The van der Waals surface area contributed by atoms with Gasteiger partial charge in [0.15, 0.2) is 0 Å². The Morgan fingerprint density at radius 3 is 2.00 bits per heavy atom. The van der Waals surface area contributed by atoms with Crippen molar-refractivity contribution < 1.29 is 0 Å². The molecule has 0 aliphatic heterocycles. The molecule has 122 valence electrons. The Hall–Kier alpha value is -2.84. The largest absolute Gasteiger partial charge is 0.310 e. The number of aromatic nitrogens is 1. The zero-order valence-electron chi connectivity index (χ0n) is 13.7. The molecule has 1 heterocycles. The van der Waals surface area contributed by atoms with Crippen molar-refractivity contribution in [3.63, 3.8) is 0 Å². The number of halogens is 1. The van der Waals surface area contributed by atoms with Crippen molar-refractivity contribution in [2.75, 3.05) is 0 Å². The summed E-state index contributed by atoms with van der Waals surface area (Å²) >= 11 is 6.15. The van der Waals surface area contributed by atoms with Crippen LogP contribution in [0.15, 0.2) is 83.7 Å². The monoisotopic (exact) mass is 345 g/mol. The van der Waals surface area contributed by atoms with E-state index in [1.54, 1.807) is 10.6 Å². The lowest BCUT2D eigenvalue weighted by molar-refractivity contribution is 0.885. The van der Waals surface area contributed by atoms with Gasteiger partial charge < -0.3 is 4.57 Å². The van der Waals surface area contributed by atoms with Crippen molar-refractivity contribution in [2.45, 2.75) is 0 Å². The molecule has 0 spiro atoms. The summed E-state index contributed by atoms with van der Waals surface area (Å²) in [5.74, 6) is 0. The Bertz CT molecular complexity index is 1120. The highest BCUT2D eigenvalue weighted by Crippen LogP contribution is 2.36. The van der Waals surface area contributed by atoms with E-state index in [0.717, 1.165) is 27.8 Å². The summed E-state index contributed by atoms with van der Waals surface area (Å²) < 4.78 is 1.72. The molecule has 0 aliphatic rings. The topological polar surface area (TPSA) is 22.0 Å². The van der Waals surface area contributed by atoms with Crippen molar-refractivity contribution in [3.8, 4) is 22.4 Å². The third kappa shape index (κ3) is 2.65. The highest BCUT2D eigenvalue weighted by atomic mass is 35.5. The molecule has 4 rings (SSSR count). The maximum Gasteiger partial charge on any atom is 0.258 e. The quantitative estimate of drug-likeness (QED) is 0.468. The van der Waals surface area contributed by atoms with Crippen LogP contribution in [-0.4, -0.2) is 4.57 Å². The van der Waals surface area contributed by atoms with Crippen molar-refractivity contribution in [3.05, 3.63) is 94.2 Å². The fraction of sp³-hybridized carbons (Fsp3) is 0.0455. The molecule has 0 unspecified atom stereocenters. The normalized spacial score (nSPS) is 11.0. The standard InChI is InChI=1S/C22H16ClNO/c1-24-21(16-10-6-3-7-11-16)20(15-8-4-2-5-9-15)18-13-12-17(23)14-19(18)22(24)25/h2-14H,1H3. The Morgan fingerprint density at radius 1 is 0.760 bits per heavy atom. The van der Waals surface area contributed by atoms with Crippen LogP contribution in [0, 0.1) is 0 Å². The van der Waals surface area contributed by atoms with Crippen LogP contribution in [0.2, 0.25) is 5.02 Å². The lowest BCUT2D eigenvalue weighted by atomic mass is 9.93. The lowest BCUT2D eigenvalue weighted by Crippen LogP contribution is -2.20. The van der Waals surface area contributed by atoms with Gasteiger partial charge in [-0.1, -0.05) is 78.3 Å².